The first-order valence-electron chi connectivity index (χ1n) is 7.63. The molecule has 1 atom stereocenters. The molecule has 1 aromatic carbocycles. The van der Waals surface area contributed by atoms with Crippen LogP contribution in [0.1, 0.15) is 37.7 Å². The van der Waals surface area contributed by atoms with E-state index >= 15 is 0 Å². The van der Waals surface area contributed by atoms with Gasteiger partial charge in [0.15, 0.2) is 0 Å². The van der Waals surface area contributed by atoms with E-state index in [2.05, 4.69) is 0 Å². The van der Waals surface area contributed by atoms with Gasteiger partial charge in [-0.2, -0.15) is 0 Å². The fourth-order valence-corrected chi connectivity index (χ4v) is 3.58. The number of carbonyl (C=O) groups excluding carboxylic acids is 2. The van der Waals surface area contributed by atoms with Gasteiger partial charge >= 0.3 is 5.97 Å². The van der Waals surface area contributed by atoms with Gasteiger partial charge in [-0.25, -0.2) is 4.79 Å². The highest BCUT2D eigenvalue weighted by Crippen LogP contribution is 2.46. The van der Waals surface area contributed by atoms with Gasteiger partial charge < -0.3 is 9.64 Å². The number of ether oxygens (including phenoxy) is 1. The second-order valence-electron chi connectivity index (χ2n) is 5.98. The maximum atomic E-state index is 13.1. The fourth-order valence-electron chi connectivity index (χ4n) is 3.58. The van der Waals surface area contributed by atoms with Crippen molar-refractivity contribution in [3.63, 3.8) is 0 Å². The van der Waals surface area contributed by atoms with Gasteiger partial charge in [0.05, 0.1) is 12.5 Å². The molecule has 1 unspecified atom stereocenters. The van der Waals surface area contributed by atoms with E-state index in [-0.39, 0.29) is 11.9 Å². The first kappa shape index (κ1) is 14.1. The van der Waals surface area contributed by atoms with Crippen molar-refractivity contribution >= 4 is 11.9 Å². The second-order valence-corrected chi connectivity index (χ2v) is 5.98. The molecule has 1 saturated carbocycles. The lowest BCUT2D eigenvalue weighted by atomic mass is 9.63. The van der Waals surface area contributed by atoms with Crippen molar-refractivity contribution in [1.29, 1.82) is 0 Å². The summed E-state index contributed by atoms with van der Waals surface area (Å²) < 4.78 is 4.85. The minimum absolute atomic E-state index is 0.104. The summed E-state index contributed by atoms with van der Waals surface area (Å²) in [4.78, 5) is 26.7. The van der Waals surface area contributed by atoms with Crippen LogP contribution in [0.15, 0.2) is 30.3 Å². The standard InChI is InChI=1S/C17H21NO3/c1-21-15(19)14-9-5-12-18(14)16(20)17(10-6-11-17)13-7-3-2-4-8-13/h2-4,7-8,14H,5-6,9-12H2,1H3. The summed E-state index contributed by atoms with van der Waals surface area (Å²) in [6.45, 7) is 0.660. The molecular formula is C17H21NO3. The molecule has 21 heavy (non-hydrogen) atoms. The van der Waals surface area contributed by atoms with Crippen LogP contribution in [0.5, 0.6) is 0 Å². The van der Waals surface area contributed by atoms with Crippen molar-refractivity contribution in [1.82, 2.24) is 4.90 Å². The predicted octanol–water partition coefficient (Wildman–Crippen LogP) is 2.27. The van der Waals surface area contributed by atoms with Crippen LogP contribution in [0, 0.1) is 0 Å². The second kappa shape index (κ2) is 5.51. The Hall–Kier alpha value is -1.84. The monoisotopic (exact) mass is 287 g/mol. The van der Waals surface area contributed by atoms with Crippen molar-refractivity contribution in [3.8, 4) is 0 Å². The van der Waals surface area contributed by atoms with Crippen LogP contribution in [0.25, 0.3) is 0 Å². The summed E-state index contributed by atoms with van der Waals surface area (Å²) in [5.41, 5.74) is 0.662. The van der Waals surface area contributed by atoms with Crippen molar-refractivity contribution < 1.29 is 14.3 Å². The molecule has 2 fully saturated rings. The van der Waals surface area contributed by atoms with Crippen LogP contribution >= 0.6 is 0 Å². The van der Waals surface area contributed by atoms with Gasteiger partial charge in [0.1, 0.15) is 6.04 Å². The minimum atomic E-state index is -0.419. The minimum Gasteiger partial charge on any atom is -0.467 e. The molecular weight excluding hydrogens is 266 g/mol. The Morgan fingerprint density at radius 2 is 1.90 bits per heavy atom. The highest BCUT2D eigenvalue weighted by Gasteiger charge is 2.50. The molecule has 0 N–H and O–H groups in total. The third-order valence-corrected chi connectivity index (χ3v) is 4.93. The largest absolute Gasteiger partial charge is 0.467 e. The SMILES string of the molecule is COC(=O)C1CCCN1C(=O)C1(c2ccccc2)CCC1. The Morgan fingerprint density at radius 1 is 1.19 bits per heavy atom. The molecule has 1 aliphatic carbocycles. The van der Waals surface area contributed by atoms with E-state index in [1.165, 1.54) is 7.11 Å². The number of hydrogen-bond donors (Lipinski definition) is 0. The van der Waals surface area contributed by atoms with Gasteiger partial charge in [-0.1, -0.05) is 36.8 Å². The fraction of sp³-hybridized carbons (Fsp3) is 0.529. The Bertz CT molecular complexity index is 536. The van der Waals surface area contributed by atoms with E-state index in [0.717, 1.165) is 31.2 Å². The Morgan fingerprint density at radius 3 is 2.48 bits per heavy atom. The van der Waals surface area contributed by atoms with Crippen LogP contribution in [-0.2, 0) is 19.7 Å². The first-order valence-corrected chi connectivity index (χ1v) is 7.63. The number of nitrogens with zero attached hydrogens (tertiary/aromatic N) is 1. The molecule has 1 amide bonds. The summed E-state index contributed by atoms with van der Waals surface area (Å²) in [6, 6.07) is 9.58. The summed E-state index contributed by atoms with van der Waals surface area (Å²) in [6.07, 6.45) is 4.40. The molecule has 1 saturated heterocycles. The van der Waals surface area contributed by atoms with Crippen LogP contribution in [0.4, 0.5) is 0 Å². The molecule has 112 valence electrons. The van der Waals surface area contributed by atoms with Crippen molar-refractivity contribution in [2.75, 3.05) is 13.7 Å². The average molecular weight is 287 g/mol. The number of rotatable bonds is 3. The first-order chi connectivity index (χ1) is 10.2. The van der Waals surface area contributed by atoms with E-state index in [1.807, 2.05) is 30.3 Å². The molecule has 0 radical (unpaired) electrons. The lowest BCUT2D eigenvalue weighted by Crippen LogP contribution is -2.54. The molecule has 4 heteroatoms. The smallest absolute Gasteiger partial charge is 0.328 e. The maximum absolute atomic E-state index is 13.1. The number of likely N-dealkylation sites (tertiary alicyclic amines) is 1. The van der Waals surface area contributed by atoms with E-state index < -0.39 is 11.5 Å². The van der Waals surface area contributed by atoms with E-state index in [0.29, 0.717) is 13.0 Å². The molecule has 2 aliphatic rings. The number of esters is 1. The summed E-state index contributed by atoms with van der Waals surface area (Å²) in [5, 5.41) is 0. The number of amides is 1. The van der Waals surface area contributed by atoms with Crippen LogP contribution in [0.3, 0.4) is 0 Å². The quantitative estimate of drug-likeness (QED) is 0.801. The summed E-state index contributed by atoms with van der Waals surface area (Å²) in [5.74, 6) is -0.184. The highest BCUT2D eigenvalue weighted by molar-refractivity contribution is 5.93. The van der Waals surface area contributed by atoms with Gasteiger partial charge in [0, 0.05) is 6.54 Å². The van der Waals surface area contributed by atoms with Crippen LogP contribution in [-0.4, -0.2) is 36.5 Å². The highest BCUT2D eigenvalue weighted by atomic mass is 16.5. The number of methoxy groups -OCH3 is 1. The van der Waals surface area contributed by atoms with E-state index in [9.17, 15) is 9.59 Å². The molecule has 0 spiro atoms. The maximum Gasteiger partial charge on any atom is 0.328 e. The summed E-state index contributed by atoms with van der Waals surface area (Å²) in [7, 11) is 1.39. The van der Waals surface area contributed by atoms with E-state index in [4.69, 9.17) is 4.74 Å². The zero-order chi connectivity index (χ0) is 14.9. The Labute approximate surface area is 125 Å². The van der Waals surface area contributed by atoms with Gasteiger partial charge in [0.25, 0.3) is 0 Å². The number of benzene rings is 1. The average Bonchev–Trinajstić information content (AvgIpc) is 2.95. The van der Waals surface area contributed by atoms with Gasteiger partial charge in [-0.15, -0.1) is 0 Å². The van der Waals surface area contributed by atoms with Gasteiger partial charge in [-0.05, 0) is 31.2 Å². The third-order valence-electron chi connectivity index (χ3n) is 4.93. The molecule has 0 bridgehead atoms. The summed E-state index contributed by atoms with van der Waals surface area (Å²) >= 11 is 0. The lowest BCUT2D eigenvalue weighted by Gasteiger charge is -2.44. The van der Waals surface area contributed by atoms with Crippen molar-refractivity contribution in [2.45, 2.75) is 43.6 Å². The molecule has 0 aromatic heterocycles. The number of carbonyl (C=O) groups is 2. The predicted molar refractivity (Wildman–Crippen MR) is 78.7 cm³/mol. The van der Waals surface area contributed by atoms with Gasteiger partial charge in [-0.3, -0.25) is 4.79 Å². The Kier molecular flexibility index (Phi) is 3.70. The zero-order valence-corrected chi connectivity index (χ0v) is 12.4. The topological polar surface area (TPSA) is 46.6 Å². The molecule has 1 aromatic rings. The van der Waals surface area contributed by atoms with E-state index in [1.54, 1.807) is 4.90 Å². The van der Waals surface area contributed by atoms with Crippen molar-refractivity contribution in [2.24, 2.45) is 0 Å². The Balaban J connectivity index is 1.88. The van der Waals surface area contributed by atoms with Crippen molar-refractivity contribution in [3.05, 3.63) is 35.9 Å². The molecule has 1 aliphatic heterocycles. The zero-order valence-electron chi connectivity index (χ0n) is 12.4. The number of hydrogen-bond acceptors (Lipinski definition) is 3. The normalized spacial score (nSPS) is 23.5. The molecule has 4 nitrogen and oxygen atoms in total. The van der Waals surface area contributed by atoms with Gasteiger partial charge in [0.2, 0.25) is 5.91 Å². The molecule has 3 rings (SSSR count). The molecule has 1 heterocycles. The van der Waals surface area contributed by atoms with Crippen LogP contribution < -0.4 is 0 Å². The third kappa shape index (κ3) is 2.23. The van der Waals surface area contributed by atoms with Crippen LogP contribution in [0.2, 0.25) is 0 Å². The lowest BCUT2D eigenvalue weighted by molar-refractivity contribution is -0.154.